The number of nitriles is 1. The lowest BCUT2D eigenvalue weighted by Gasteiger charge is -2.19. The Hall–Kier alpha value is -1.84. The number of anilines is 1. The Labute approximate surface area is 133 Å². The van der Waals surface area contributed by atoms with E-state index in [1.54, 1.807) is 18.2 Å². The first kappa shape index (κ1) is 15.6. The number of benzene rings is 1. The smallest absolute Gasteiger partial charge is 0.351 e. The van der Waals surface area contributed by atoms with Crippen LogP contribution in [-0.2, 0) is 4.79 Å². The molecule has 0 aromatic heterocycles. The molecule has 0 radical (unpaired) electrons. The van der Waals surface area contributed by atoms with Crippen molar-refractivity contribution in [3.8, 4) is 5.97 Å². The molecule has 0 fully saturated rings. The summed E-state index contributed by atoms with van der Waals surface area (Å²) in [6.07, 6.45) is 0.596. The Morgan fingerprint density at radius 2 is 2.29 bits per heavy atom. The van der Waals surface area contributed by atoms with Crippen LogP contribution in [0.5, 0.6) is 0 Å². The number of nitrogens with zero attached hydrogens (tertiary/aromatic N) is 1. The molecule has 1 aromatic rings. The van der Waals surface area contributed by atoms with Crippen molar-refractivity contribution in [2.24, 2.45) is 0 Å². The van der Waals surface area contributed by atoms with Gasteiger partial charge in [0.05, 0.1) is 5.57 Å². The van der Waals surface area contributed by atoms with Gasteiger partial charge >= 0.3 is 6.71 Å². The lowest BCUT2D eigenvalue weighted by molar-refractivity contribution is -0.109. The van der Waals surface area contributed by atoms with E-state index in [4.69, 9.17) is 29.1 Å². The second kappa shape index (κ2) is 6.29. The summed E-state index contributed by atoms with van der Waals surface area (Å²) >= 11 is 11.2. The predicted octanol–water partition coefficient (Wildman–Crippen LogP) is 3.27. The Kier molecular flexibility index (Phi) is 4.66. The highest BCUT2D eigenvalue weighted by Crippen LogP contribution is 2.26. The molecule has 0 atom stereocenters. The van der Waals surface area contributed by atoms with Gasteiger partial charge < -0.3 is 15.2 Å². The van der Waals surface area contributed by atoms with Crippen molar-refractivity contribution < 1.29 is 9.90 Å². The summed E-state index contributed by atoms with van der Waals surface area (Å²) in [4.78, 5) is 12.3. The SMILES string of the molecule is Cc1c(Cl)cccc1NC(=S)C1=C(O)CCB(C#N)C1=O. The van der Waals surface area contributed by atoms with Crippen molar-refractivity contribution in [2.75, 3.05) is 5.32 Å². The Balaban J connectivity index is 2.30. The number of aliphatic hydroxyl groups is 1. The fourth-order valence-electron chi connectivity index (χ4n) is 2.15. The number of allylic oxidation sites excluding steroid dienone is 1. The number of hydrogen-bond donors (Lipinski definition) is 2. The molecule has 2 N–H and O–H groups in total. The zero-order chi connectivity index (χ0) is 15.6. The van der Waals surface area contributed by atoms with Crippen LogP contribution < -0.4 is 5.32 Å². The van der Waals surface area contributed by atoms with Crippen LogP contribution in [0, 0.1) is 18.2 Å². The van der Waals surface area contributed by atoms with E-state index in [0.29, 0.717) is 17.0 Å². The Morgan fingerprint density at radius 3 is 2.95 bits per heavy atom. The quantitative estimate of drug-likeness (QED) is 0.647. The largest absolute Gasteiger partial charge is 0.512 e. The summed E-state index contributed by atoms with van der Waals surface area (Å²) in [5, 5.41) is 22.4. The van der Waals surface area contributed by atoms with E-state index in [-0.39, 0.29) is 22.7 Å². The number of aliphatic hydroxyl groups excluding tert-OH is 1. The lowest BCUT2D eigenvalue weighted by atomic mass is 9.41. The lowest BCUT2D eigenvalue weighted by Crippen LogP contribution is -2.35. The zero-order valence-electron chi connectivity index (χ0n) is 11.3. The summed E-state index contributed by atoms with van der Waals surface area (Å²) in [6.45, 7) is 1.07. The van der Waals surface area contributed by atoms with Crippen molar-refractivity contribution in [2.45, 2.75) is 19.7 Å². The first-order chi connectivity index (χ1) is 9.95. The van der Waals surface area contributed by atoms with Gasteiger partial charge in [0.15, 0.2) is 0 Å². The van der Waals surface area contributed by atoms with Crippen LogP contribution in [0.4, 0.5) is 5.69 Å². The molecule has 21 heavy (non-hydrogen) atoms. The van der Waals surface area contributed by atoms with Gasteiger partial charge in [-0.1, -0.05) is 29.9 Å². The summed E-state index contributed by atoms with van der Waals surface area (Å²) in [6, 6.07) is 5.29. The maximum absolute atomic E-state index is 12.2. The van der Waals surface area contributed by atoms with Gasteiger partial charge in [-0.15, -0.1) is 0 Å². The molecule has 4 nitrogen and oxygen atoms in total. The van der Waals surface area contributed by atoms with Crippen LogP contribution >= 0.6 is 23.8 Å². The van der Waals surface area contributed by atoms with E-state index >= 15 is 0 Å². The van der Waals surface area contributed by atoms with Crippen molar-refractivity contribution in [3.05, 3.63) is 40.1 Å². The van der Waals surface area contributed by atoms with Gasteiger partial charge in [-0.05, 0) is 30.9 Å². The van der Waals surface area contributed by atoms with Crippen molar-refractivity contribution in [1.29, 1.82) is 5.26 Å². The summed E-state index contributed by atoms with van der Waals surface area (Å²) in [7, 11) is 0. The molecule has 1 heterocycles. The number of rotatable bonds is 2. The summed E-state index contributed by atoms with van der Waals surface area (Å²) in [5.74, 6) is 1.87. The Bertz CT molecular complexity index is 697. The van der Waals surface area contributed by atoms with Crippen LogP contribution in [0.3, 0.4) is 0 Å². The van der Waals surface area contributed by atoms with E-state index in [9.17, 15) is 9.90 Å². The van der Waals surface area contributed by atoms with E-state index in [0.717, 1.165) is 5.56 Å². The molecule has 0 spiro atoms. The van der Waals surface area contributed by atoms with Crippen LogP contribution in [0.1, 0.15) is 12.0 Å². The third-order valence-corrected chi connectivity index (χ3v) is 4.14. The molecule has 1 aromatic carbocycles. The van der Waals surface area contributed by atoms with E-state index in [1.165, 1.54) is 0 Å². The van der Waals surface area contributed by atoms with Gasteiger partial charge in [0, 0.05) is 23.1 Å². The molecule has 1 aliphatic heterocycles. The molecule has 7 heteroatoms. The molecule has 1 aliphatic rings. The van der Waals surface area contributed by atoms with Crippen LogP contribution in [-0.4, -0.2) is 22.5 Å². The molecular weight excluding hydrogens is 306 g/mol. The molecule has 0 aliphatic carbocycles. The minimum atomic E-state index is -0.754. The van der Waals surface area contributed by atoms with Gasteiger partial charge in [-0.25, -0.2) is 5.26 Å². The number of halogens is 1. The monoisotopic (exact) mass is 318 g/mol. The fourth-order valence-corrected chi connectivity index (χ4v) is 2.65. The van der Waals surface area contributed by atoms with Gasteiger partial charge in [0.25, 0.3) is 0 Å². The number of thiocarbonyl (C=S) groups is 1. The third-order valence-electron chi connectivity index (χ3n) is 3.42. The van der Waals surface area contributed by atoms with Crippen molar-refractivity contribution in [3.63, 3.8) is 0 Å². The van der Waals surface area contributed by atoms with Gasteiger partial charge in [-0.2, -0.15) is 0 Å². The first-order valence-corrected chi connectivity index (χ1v) is 7.16. The van der Waals surface area contributed by atoms with E-state index in [1.807, 2.05) is 12.9 Å². The maximum Gasteiger partial charge on any atom is 0.351 e. The topological polar surface area (TPSA) is 73.1 Å². The van der Waals surface area contributed by atoms with Crippen LogP contribution in [0.2, 0.25) is 11.3 Å². The molecule has 2 rings (SSSR count). The van der Waals surface area contributed by atoms with Crippen molar-refractivity contribution in [1.82, 2.24) is 0 Å². The minimum absolute atomic E-state index is 0.0298. The summed E-state index contributed by atoms with van der Waals surface area (Å²) in [5.41, 5.74) is 1.06. The molecule has 0 unspecified atom stereocenters. The molecule has 0 bridgehead atoms. The standard InChI is InChI=1S/C14H12BClN2O2S/c1-8-9(16)3-2-4-10(8)18-14(21)12-11(19)5-6-15(7-17)13(12)20/h2-4,19H,5-6H2,1H3,(H,18,21). The molecule has 0 saturated carbocycles. The average molecular weight is 319 g/mol. The zero-order valence-corrected chi connectivity index (χ0v) is 12.9. The Morgan fingerprint density at radius 1 is 1.57 bits per heavy atom. The van der Waals surface area contributed by atoms with E-state index < -0.39 is 12.4 Å². The van der Waals surface area contributed by atoms with Crippen LogP contribution in [0.15, 0.2) is 29.5 Å². The highest BCUT2D eigenvalue weighted by Gasteiger charge is 2.35. The number of nitrogens with one attached hydrogen (secondary N) is 1. The van der Waals surface area contributed by atoms with Gasteiger partial charge in [0.2, 0.25) is 0 Å². The first-order valence-electron chi connectivity index (χ1n) is 6.38. The molecule has 106 valence electrons. The van der Waals surface area contributed by atoms with Gasteiger partial charge in [-0.3, -0.25) is 0 Å². The molecular formula is C14H12BClN2O2S. The molecule has 0 saturated heterocycles. The maximum atomic E-state index is 12.2. The van der Waals surface area contributed by atoms with E-state index in [2.05, 4.69) is 5.32 Å². The number of carbonyl (C=O) groups excluding carboxylic acids is 1. The number of hydrogen-bond acceptors (Lipinski definition) is 4. The normalized spacial score (nSPS) is 14.9. The second-order valence-corrected chi connectivity index (χ2v) is 5.59. The van der Waals surface area contributed by atoms with Gasteiger partial charge in [0.1, 0.15) is 16.4 Å². The fraction of sp³-hybridized carbons (Fsp3) is 0.214. The average Bonchev–Trinajstić information content (AvgIpc) is 2.44. The second-order valence-electron chi connectivity index (χ2n) is 4.77. The molecule has 0 amide bonds. The minimum Gasteiger partial charge on any atom is -0.512 e. The number of carbonyl (C=O) groups is 1. The summed E-state index contributed by atoms with van der Waals surface area (Å²) < 4.78 is 0. The van der Waals surface area contributed by atoms with Crippen molar-refractivity contribution >= 4 is 46.9 Å². The van der Waals surface area contributed by atoms with Crippen LogP contribution in [0.25, 0.3) is 0 Å². The predicted molar refractivity (Wildman–Crippen MR) is 87.9 cm³/mol. The highest BCUT2D eigenvalue weighted by atomic mass is 35.5. The highest BCUT2D eigenvalue weighted by molar-refractivity contribution is 7.81. The third kappa shape index (κ3) is 3.09.